The fraction of sp³-hybridized carbons (Fsp3) is 0.538. The van der Waals surface area contributed by atoms with E-state index in [1.807, 2.05) is 0 Å². The number of benzene rings is 1. The summed E-state index contributed by atoms with van der Waals surface area (Å²) in [5, 5.41) is 3.22. The fourth-order valence-electron chi connectivity index (χ4n) is 2.10. The van der Waals surface area contributed by atoms with Gasteiger partial charge in [0.1, 0.15) is 10.7 Å². The molecule has 1 fully saturated rings. The van der Waals surface area contributed by atoms with Crippen LogP contribution in [-0.4, -0.2) is 40.8 Å². The van der Waals surface area contributed by atoms with Crippen LogP contribution in [0.1, 0.15) is 12.8 Å². The lowest BCUT2D eigenvalue weighted by molar-refractivity contribution is 0.0366. The topological polar surface area (TPSA) is 67.4 Å². The summed E-state index contributed by atoms with van der Waals surface area (Å²) in [7, 11) is -3.81. The van der Waals surface area contributed by atoms with Crippen LogP contribution in [0.2, 0.25) is 0 Å². The van der Waals surface area contributed by atoms with Crippen molar-refractivity contribution < 1.29 is 17.5 Å². The number of ether oxygens (including phenoxy) is 1. The van der Waals surface area contributed by atoms with Crippen molar-refractivity contribution in [3.05, 3.63) is 30.1 Å². The maximum atomic E-state index is 13.4. The van der Waals surface area contributed by atoms with Crippen molar-refractivity contribution in [2.75, 3.05) is 26.2 Å². The number of hydrogen-bond donors (Lipinski definition) is 2. The second kappa shape index (κ2) is 7.12. The Kier molecular flexibility index (Phi) is 5.47. The number of piperidine rings is 1. The summed E-state index contributed by atoms with van der Waals surface area (Å²) in [5.41, 5.74) is 0. The molecule has 112 valence electrons. The minimum atomic E-state index is -3.81. The Balaban J connectivity index is 1.79. The molecule has 1 heterocycles. The molecule has 1 saturated heterocycles. The highest BCUT2D eigenvalue weighted by Crippen LogP contribution is 2.13. The molecule has 0 spiro atoms. The van der Waals surface area contributed by atoms with E-state index in [4.69, 9.17) is 4.74 Å². The molecule has 0 aromatic heterocycles. The van der Waals surface area contributed by atoms with Crippen molar-refractivity contribution in [1.82, 2.24) is 10.0 Å². The van der Waals surface area contributed by atoms with Crippen molar-refractivity contribution >= 4 is 10.0 Å². The summed E-state index contributed by atoms with van der Waals surface area (Å²) in [6, 6.07) is 5.31. The SMILES string of the molecule is O=S(=O)(NCCOC1CCNCC1)c1ccccc1F. The molecule has 0 unspecified atom stereocenters. The second-order valence-corrected chi connectivity index (χ2v) is 6.38. The number of nitrogens with one attached hydrogen (secondary N) is 2. The van der Waals surface area contributed by atoms with Crippen LogP contribution >= 0.6 is 0 Å². The second-order valence-electron chi connectivity index (χ2n) is 4.65. The average molecular weight is 302 g/mol. The van der Waals surface area contributed by atoms with Gasteiger partial charge in [-0.05, 0) is 38.1 Å². The third kappa shape index (κ3) is 4.24. The van der Waals surface area contributed by atoms with Gasteiger partial charge in [0.2, 0.25) is 10.0 Å². The number of hydrogen-bond acceptors (Lipinski definition) is 4. The zero-order valence-corrected chi connectivity index (χ0v) is 12.0. The maximum Gasteiger partial charge on any atom is 0.243 e. The monoisotopic (exact) mass is 302 g/mol. The Morgan fingerprint density at radius 3 is 2.70 bits per heavy atom. The van der Waals surface area contributed by atoms with Crippen LogP contribution in [0.15, 0.2) is 29.2 Å². The van der Waals surface area contributed by atoms with E-state index in [2.05, 4.69) is 10.0 Å². The molecule has 0 bridgehead atoms. The van der Waals surface area contributed by atoms with Crippen LogP contribution in [0, 0.1) is 5.82 Å². The van der Waals surface area contributed by atoms with Crippen LogP contribution in [0.4, 0.5) is 4.39 Å². The summed E-state index contributed by atoms with van der Waals surface area (Å²) in [5.74, 6) is -0.751. The standard InChI is InChI=1S/C13H19FN2O3S/c14-12-3-1-2-4-13(12)20(17,18)16-9-10-19-11-5-7-15-8-6-11/h1-4,11,15-16H,5-10H2. The quantitative estimate of drug-likeness (QED) is 0.765. The lowest BCUT2D eigenvalue weighted by Gasteiger charge is -2.22. The first-order valence-electron chi connectivity index (χ1n) is 6.66. The number of rotatable bonds is 6. The fourth-order valence-corrected chi connectivity index (χ4v) is 3.19. The highest BCUT2D eigenvalue weighted by atomic mass is 32.2. The van der Waals surface area contributed by atoms with Crippen LogP contribution in [0.25, 0.3) is 0 Å². The van der Waals surface area contributed by atoms with E-state index < -0.39 is 15.8 Å². The van der Waals surface area contributed by atoms with Gasteiger partial charge in [0.05, 0.1) is 12.7 Å². The minimum absolute atomic E-state index is 0.139. The Morgan fingerprint density at radius 1 is 1.30 bits per heavy atom. The first-order valence-corrected chi connectivity index (χ1v) is 8.14. The minimum Gasteiger partial charge on any atom is -0.377 e. The molecule has 0 saturated carbocycles. The summed E-state index contributed by atoms with van der Waals surface area (Å²) in [4.78, 5) is -0.332. The first kappa shape index (κ1) is 15.4. The first-order chi connectivity index (χ1) is 9.59. The van der Waals surface area contributed by atoms with Crippen molar-refractivity contribution in [2.45, 2.75) is 23.8 Å². The van der Waals surface area contributed by atoms with E-state index >= 15 is 0 Å². The number of sulfonamides is 1. The van der Waals surface area contributed by atoms with Gasteiger partial charge in [-0.25, -0.2) is 17.5 Å². The Labute approximate surface area is 118 Å². The van der Waals surface area contributed by atoms with Crippen LogP contribution < -0.4 is 10.0 Å². The molecule has 1 aromatic rings. The van der Waals surface area contributed by atoms with Crippen LogP contribution in [0.5, 0.6) is 0 Å². The highest BCUT2D eigenvalue weighted by molar-refractivity contribution is 7.89. The summed E-state index contributed by atoms with van der Waals surface area (Å²) in [6.07, 6.45) is 2.04. The zero-order chi connectivity index (χ0) is 14.4. The smallest absolute Gasteiger partial charge is 0.243 e. The van der Waals surface area contributed by atoms with Gasteiger partial charge in [-0.3, -0.25) is 0 Å². The Morgan fingerprint density at radius 2 is 2.00 bits per heavy atom. The molecule has 2 rings (SSSR count). The Hall–Kier alpha value is -1.02. The molecule has 0 amide bonds. The molecule has 2 N–H and O–H groups in total. The molecule has 5 nitrogen and oxygen atoms in total. The lowest BCUT2D eigenvalue weighted by Crippen LogP contribution is -2.35. The van der Waals surface area contributed by atoms with Gasteiger partial charge in [-0.1, -0.05) is 12.1 Å². The van der Waals surface area contributed by atoms with Gasteiger partial charge >= 0.3 is 0 Å². The third-order valence-corrected chi connectivity index (χ3v) is 4.65. The predicted octanol–water partition coefficient (Wildman–Crippen LogP) is 0.873. The van der Waals surface area contributed by atoms with E-state index in [1.54, 1.807) is 0 Å². The third-order valence-electron chi connectivity index (χ3n) is 3.16. The molecule has 1 aliphatic rings. The van der Waals surface area contributed by atoms with E-state index in [0.717, 1.165) is 32.0 Å². The van der Waals surface area contributed by atoms with Crippen molar-refractivity contribution in [3.63, 3.8) is 0 Å². The van der Waals surface area contributed by atoms with E-state index in [1.165, 1.54) is 18.2 Å². The molecule has 20 heavy (non-hydrogen) atoms. The molecule has 0 atom stereocenters. The van der Waals surface area contributed by atoms with Crippen LogP contribution in [-0.2, 0) is 14.8 Å². The molecular weight excluding hydrogens is 283 g/mol. The average Bonchev–Trinajstić information content (AvgIpc) is 2.45. The van der Waals surface area contributed by atoms with Crippen molar-refractivity contribution in [3.8, 4) is 0 Å². The lowest BCUT2D eigenvalue weighted by atomic mass is 10.1. The highest BCUT2D eigenvalue weighted by Gasteiger charge is 2.18. The number of halogens is 1. The van der Waals surface area contributed by atoms with E-state index in [0.29, 0.717) is 6.61 Å². The zero-order valence-electron chi connectivity index (χ0n) is 11.1. The molecule has 1 aliphatic heterocycles. The van der Waals surface area contributed by atoms with Gasteiger partial charge in [-0.2, -0.15) is 0 Å². The van der Waals surface area contributed by atoms with Crippen molar-refractivity contribution in [1.29, 1.82) is 0 Å². The normalized spacial score (nSPS) is 17.2. The summed E-state index contributed by atoms with van der Waals surface area (Å²) in [6.45, 7) is 2.27. The largest absolute Gasteiger partial charge is 0.377 e. The van der Waals surface area contributed by atoms with Gasteiger partial charge in [0, 0.05) is 6.54 Å². The summed E-state index contributed by atoms with van der Waals surface area (Å²) < 4.78 is 45.1. The molecule has 1 aromatic carbocycles. The van der Waals surface area contributed by atoms with E-state index in [9.17, 15) is 12.8 Å². The van der Waals surface area contributed by atoms with Crippen LogP contribution in [0.3, 0.4) is 0 Å². The van der Waals surface area contributed by atoms with Gasteiger partial charge < -0.3 is 10.1 Å². The van der Waals surface area contributed by atoms with Crippen molar-refractivity contribution in [2.24, 2.45) is 0 Å². The Bertz CT molecular complexity index is 530. The molecule has 0 radical (unpaired) electrons. The summed E-state index contributed by atoms with van der Waals surface area (Å²) >= 11 is 0. The molecular formula is C13H19FN2O3S. The van der Waals surface area contributed by atoms with Gasteiger partial charge in [0.15, 0.2) is 0 Å². The predicted molar refractivity (Wildman–Crippen MR) is 73.4 cm³/mol. The van der Waals surface area contributed by atoms with E-state index in [-0.39, 0.29) is 17.5 Å². The maximum absolute atomic E-state index is 13.4. The molecule has 7 heteroatoms. The van der Waals surface area contributed by atoms with Gasteiger partial charge in [-0.15, -0.1) is 0 Å². The molecule has 0 aliphatic carbocycles. The van der Waals surface area contributed by atoms with Gasteiger partial charge in [0.25, 0.3) is 0 Å².